The van der Waals surface area contributed by atoms with Gasteiger partial charge in [0.1, 0.15) is 5.60 Å². The molecule has 0 saturated heterocycles. The maximum Gasteiger partial charge on any atom is 0.321 e. The van der Waals surface area contributed by atoms with Crippen LogP contribution in [0.25, 0.3) is 0 Å². The Balaban J connectivity index is 2.74. The van der Waals surface area contributed by atoms with Gasteiger partial charge in [-0.15, -0.1) is 0 Å². The Morgan fingerprint density at radius 2 is 1.74 bits per heavy atom. The molecule has 1 atom stereocenters. The highest BCUT2D eigenvalue weighted by atomic mass is 19.3. The average molecular weight is 278 g/mol. The summed E-state index contributed by atoms with van der Waals surface area (Å²) in [6.07, 6.45) is -0.680. The molecule has 110 valence electrons. The van der Waals surface area contributed by atoms with Crippen LogP contribution in [0, 0.1) is 11.8 Å². The number of esters is 1. The minimum absolute atomic E-state index is 0.0310. The zero-order chi connectivity index (χ0) is 14.8. The summed E-state index contributed by atoms with van der Waals surface area (Å²) < 4.78 is 31.2. The van der Waals surface area contributed by atoms with Crippen LogP contribution in [-0.4, -0.2) is 28.6 Å². The van der Waals surface area contributed by atoms with Gasteiger partial charge in [0.15, 0.2) is 5.92 Å². The molecule has 0 heterocycles. The van der Waals surface area contributed by atoms with Gasteiger partial charge >= 0.3 is 11.9 Å². The van der Waals surface area contributed by atoms with Crippen molar-refractivity contribution in [3.8, 4) is 0 Å². The summed E-state index contributed by atoms with van der Waals surface area (Å²) in [5, 5.41) is 9.13. The van der Waals surface area contributed by atoms with Gasteiger partial charge in [0.05, 0.1) is 0 Å². The third-order valence-electron chi connectivity index (χ3n) is 3.16. The van der Waals surface area contributed by atoms with Crippen molar-refractivity contribution >= 4 is 11.9 Å². The second-order valence-electron chi connectivity index (χ2n) is 6.04. The Bertz CT molecular complexity index is 350. The van der Waals surface area contributed by atoms with Crippen molar-refractivity contribution in [1.29, 1.82) is 0 Å². The van der Waals surface area contributed by atoms with Crippen molar-refractivity contribution in [1.82, 2.24) is 0 Å². The largest absolute Gasteiger partial charge is 0.481 e. The third-order valence-corrected chi connectivity index (χ3v) is 3.16. The molecule has 0 aromatic heterocycles. The van der Waals surface area contributed by atoms with Crippen LogP contribution in [0.5, 0.6) is 0 Å². The number of carbonyl (C=O) groups excluding carboxylic acids is 1. The Labute approximate surface area is 111 Å². The molecular weight excluding hydrogens is 258 g/mol. The number of hydrogen-bond acceptors (Lipinski definition) is 3. The molecular formula is C13H20F2O4. The smallest absolute Gasteiger partial charge is 0.321 e. The number of ether oxygens (including phenoxy) is 1. The molecule has 1 aliphatic carbocycles. The molecule has 0 aliphatic heterocycles. The van der Waals surface area contributed by atoms with Crippen LogP contribution in [0.2, 0.25) is 0 Å². The van der Waals surface area contributed by atoms with Crippen LogP contribution >= 0.6 is 0 Å². The molecule has 0 aromatic carbocycles. The van der Waals surface area contributed by atoms with Crippen molar-refractivity contribution in [2.75, 3.05) is 0 Å². The number of carboxylic acid groups (broad SMARTS) is 1. The van der Waals surface area contributed by atoms with Crippen LogP contribution in [0.15, 0.2) is 0 Å². The van der Waals surface area contributed by atoms with Gasteiger partial charge in [-0.1, -0.05) is 0 Å². The van der Waals surface area contributed by atoms with E-state index in [-0.39, 0.29) is 25.7 Å². The van der Waals surface area contributed by atoms with Gasteiger partial charge < -0.3 is 9.84 Å². The number of carbonyl (C=O) groups is 2. The first-order valence-electron chi connectivity index (χ1n) is 6.35. The lowest BCUT2D eigenvalue weighted by Crippen LogP contribution is -2.39. The number of carboxylic acids is 1. The fourth-order valence-electron chi connectivity index (χ4n) is 2.26. The topological polar surface area (TPSA) is 63.6 Å². The van der Waals surface area contributed by atoms with E-state index in [1.807, 2.05) is 0 Å². The summed E-state index contributed by atoms with van der Waals surface area (Å²) in [6, 6.07) is 0. The number of rotatable bonds is 3. The fraction of sp³-hybridized carbons (Fsp3) is 0.846. The molecule has 1 N–H and O–H groups in total. The quantitative estimate of drug-likeness (QED) is 0.637. The molecule has 1 saturated carbocycles. The summed E-state index contributed by atoms with van der Waals surface area (Å²) >= 11 is 0. The predicted molar refractivity (Wildman–Crippen MR) is 63.9 cm³/mol. The summed E-state index contributed by atoms with van der Waals surface area (Å²) in [5.41, 5.74) is -0.788. The first kappa shape index (κ1) is 15.9. The van der Waals surface area contributed by atoms with E-state index in [0.717, 1.165) is 0 Å². The molecule has 0 spiro atoms. The SMILES string of the molecule is CC(C)(C)OC(=O)C(C(=O)O)C1CCC(F)(F)CC1. The zero-order valence-electron chi connectivity index (χ0n) is 11.4. The summed E-state index contributed by atoms with van der Waals surface area (Å²) in [4.78, 5) is 23.1. The van der Waals surface area contributed by atoms with E-state index in [4.69, 9.17) is 9.84 Å². The molecule has 1 unspecified atom stereocenters. The third kappa shape index (κ3) is 4.76. The number of halogens is 2. The average Bonchev–Trinajstić information content (AvgIpc) is 2.17. The van der Waals surface area contributed by atoms with E-state index in [9.17, 15) is 18.4 Å². The molecule has 6 heteroatoms. The Morgan fingerprint density at radius 3 is 2.11 bits per heavy atom. The fourth-order valence-corrected chi connectivity index (χ4v) is 2.26. The monoisotopic (exact) mass is 278 g/mol. The minimum Gasteiger partial charge on any atom is -0.481 e. The Hall–Kier alpha value is -1.20. The van der Waals surface area contributed by atoms with Gasteiger partial charge in [0, 0.05) is 12.8 Å². The van der Waals surface area contributed by atoms with Crippen molar-refractivity contribution in [2.45, 2.75) is 58.0 Å². The van der Waals surface area contributed by atoms with E-state index in [0.29, 0.717) is 0 Å². The van der Waals surface area contributed by atoms with E-state index < -0.39 is 35.3 Å². The van der Waals surface area contributed by atoms with Gasteiger partial charge in [-0.3, -0.25) is 9.59 Å². The minimum atomic E-state index is -2.74. The number of aliphatic carboxylic acids is 1. The van der Waals surface area contributed by atoms with Crippen molar-refractivity contribution in [2.24, 2.45) is 11.8 Å². The normalized spacial score (nSPS) is 21.7. The van der Waals surface area contributed by atoms with Crippen LogP contribution < -0.4 is 0 Å². The summed E-state index contributed by atoms with van der Waals surface area (Å²) in [6.45, 7) is 4.91. The maximum absolute atomic E-state index is 13.1. The van der Waals surface area contributed by atoms with Gasteiger partial charge in [0.25, 0.3) is 0 Å². The van der Waals surface area contributed by atoms with E-state index >= 15 is 0 Å². The van der Waals surface area contributed by atoms with Crippen LogP contribution in [0.1, 0.15) is 46.5 Å². The second-order valence-corrected chi connectivity index (χ2v) is 6.04. The van der Waals surface area contributed by atoms with Crippen molar-refractivity contribution in [3.63, 3.8) is 0 Å². The highest BCUT2D eigenvalue weighted by Crippen LogP contribution is 2.39. The first-order valence-corrected chi connectivity index (χ1v) is 6.35. The second kappa shape index (κ2) is 5.43. The lowest BCUT2D eigenvalue weighted by Gasteiger charge is -2.32. The summed E-state index contributed by atoms with van der Waals surface area (Å²) in [5.74, 6) is -6.81. The molecule has 0 radical (unpaired) electrons. The van der Waals surface area contributed by atoms with Crippen LogP contribution in [-0.2, 0) is 14.3 Å². The molecule has 1 fully saturated rings. The van der Waals surface area contributed by atoms with Crippen molar-refractivity contribution in [3.05, 3.63) is 0 Å². The Morgan fingerprint density at radius 1 is 1.26 bits per heavy atom. The molecule has 0 amide bonds. The maximum atomic E-state index is 13.1. The predicted octanol–water partition coefficient (Wildman–Crippen LogP) is 2.85. The first-order chi connectivity index (χ1) is 8.52. The highest BCUT2D eigenvalue weighted by molar-refractivity contribution is 5.94. The van der Waals surface area contributed by atoms with Gasteiger partial charge in [-0.05, 0) is 39.5 Å². The molecule has 0 bridgehead atoms. The lowest BCUT2D eigenvalue weighted by molar-refractivity contribution is -0.171. The number of alkyl halides is 2. The van der Waals surface area contributed by atoms with E-state index in [1.54, 1.807) is 20.8 Å². The molecule has 1 aliphatic rings. The molecule has 0 aromatic rings. The number of hydrogen-bond donors (Lipinski definition) is 1. The van der Waals surface area contributed by atoms with E-state index in [2.05, 4.69) is 0 Å². The van der Waals surface area contributed by atoms with Gasteiger partial charge in [-0.25, -0.2) is 8.78 Å². The van der Waals surface area contributed by atoms with E-state index in [1.165, 1.54) is 0 Å². The molecule has 4 nitrogen and oxygen atoms in total. The Kier molecular flexibility index (Phi) is 4.53. The molecule has 19 heavy (non-hydrogen) atoms. The summed E-state index contributed by atoms with van der Waals surface area (Å²) in [7, 11) is 0. The van der Waals surface area contributed by atoms with Crippen molar-refractivity contribution < 1.29 is 28.2 Å². The van der Waals surface area contributed by atoms with Gasteiger partial charge in [0.2, 0.25) is 5.92 Å². The standard InChI is InChI=1S/C13H20F2O4/c1-12(2,3)19-11(18)9(10(16)17)8-4-6-13(14,15)7-5-8/h8-9H,4-7H2,1-3H3,(H,16,17). The zero-order valence-corrected chi connectivity index (χ0v) is 11.4. The van der Waals surface area contributed by atoms with Crippen LogP contribution in [0.3, 0.4) is 0 Å². The lowest BCUT2D eigenvalue weighted by atomic mass is 9.78. The highest BCUT2D eigenvalue weighted by Gasteiger charge is 2.44. The molecule has 1 rings (SSSR count). The van der Waals surface area contributed by atoms with Gasteiger partial charge in [-0.2, -0.15) is 0 Å². The van der Waals surface area contributed by atoms with Crippen LogP contribution in [0.4, 0.5) is 8.78 Å².